The maximum atomic E-state index is 12.6. The van der Waals surface area contributed by atoms with Crippen molar-refractivity contribution in [1.29, 1.82) is 0 Å². The van der Waals surface area contributed by atoms with Crippen molar-refractivity contribution in [2.24, 2.45) is 0 Å². The van der Waals surface area contributed by atoms with Crippen molar-refractivity contribution >= 4 is 17.5 Å². The van der Waals surface area contributed by atoms with Gasteiger partial charge < -0.3 is 14.8 Å². The average Bonchev–Trinajstić information content (AvgIpc) is 2.53. The second-order valence-corrected chi connectivity index (χ2v) is 7.32. The molecule has 1 aliphatic heterocycles. The number of para-hydroxylation sites is 1. The summed E-state index contributed by atoms with van der Waals surface area (Å²) in [4.78, 5) is 12.6. The quantitative estimate of drug-likeness (QED) is 0.872. The number of benzene rings is 2. The minimum absolute atomic E-state index is 0.113. The van der Waals surface area contributed by atoms with Gasteiger partial charge in [0.05, 0.1) is 6.04 Å². The molecule has 0 radical (unpaired) electrons. The van der Waals surface area contributed by atoms with Crippen LogP contribution in [0.5, 0.6) is 11.5 Å². The highest BCUT2D eigenvalue weighted by molar-refractivity contribution is 6.30. The summed E-state index contributed by atoms with van der Waals surface area (Å²) in [7, 11) is 0. The van der Waals surface area contributed by atoms with E-state index in [1.807, 2.05) is 38.1 Å². The molecule has 0 bridgehead atoms. The minimum atomic E-state index is -0.628. The molecule has 3 rings (SSSR count). The molecule has 0 spiro atoms. The van der Waals surface area contributed by atoms with Gasteiger partial charge in [-0.05, 0) is 45.0 Å². The summed E-state index contributed by atoms with van der Waals surface area (Å²) in [6.07, 6.45) is 0.0659. The Kier molecular flexibility index (Phi) is 4.91. The lowest BCUT2D eigenvalue weighted by Crippen LogP contribution is -2.44. The van der Waals surface area contributed by atoms with Crippen molar-refractivity contribution in [2.45, 2.75) is 44.9 Å². The van der Waals surface area contributed by atoms with Crippen LogP contribution >= 0.6 is 11.6 Å². The summed E-state index contributed by atoms with van der Waals surface area (Å²) < 4.78 is 11.7. The molecule has 2 atom stereocenters. The summed E-state index contributed by atoms with van der Waals surface area (Å²) in [6, 6.07) is 14.7. The third kappa shape index (κ3) is 4.26. The van der Waals surface area contributed by atoms with E-state index in [1.54, 1.807) is 31.2 Å². The van der Waals surface area contributed by atoms with Gasteiger partial charge in [0.15, 0.2) is 6.10 Å². The number of amides is 1. The molecular formula is C20H22ClNO3. The van der Waals surface area contributed by atoms with E-state index in [2.05, 4.69) is 5.32 Å². The molecule has 2 aromatic carbocycles. The van der Waals surface area contributed by atoms with Gasteiger partial charge in [-0.2, -0.15) is 0 Å². The van der Waals surface area contributed by atoms with Gasteiger partial charge in [0, 0.05) is 17.0 Å². The Morgan fingerprint density at radius 1 is 1.28 bits per heavy atom. The second-order valence-electron chi connectivity index (χ2n) is 6.88. The number of hydrogen-bond donors (Lipinski definition) is 1. The van der Waals surface area contributed by atoms with Crippen molar-refractivity contribution in [2.75, 3.05) is 0 Å². The number of nitrogens with one attached hydrogen (secondary N) is 1. The third-order valence-corrected chi connectivity index (χ3v) is 4.41. The lowest BCUT2D eigenvalue weighted by molar-refractivity contribution is -0.128. The zero-order chi connectivity index (χ0) is 18.0. The van der Waals surface area contributed by atoms with Gasteiger partial charge >= 0.3 is 0 Å². The summed E-state index contributed by atoms with van der Waals surface area (Å²) in [6.45, 7) is 5.77. The van der Waals surface area contributed by atoms with E-state index < -0.39 is 6.10 Å². The molecule has 1 amide bonds. The molecule has 25 heavy (non-hydrogen) atoms. The third-order valence-electron chi connectivity index (χ3n) is 4.17. The minimum Gasteiger partial charge on any atom is -0.487 e. The van der Waals surface area contributed by atoms with Gasteiger partial charge in [0.2, 0.25) is 0 Å². The second kappa shape index (κ2) is 6.96. The molecule has 2 aromatic rings. The Labute approximate surface area is 153 Å². The fourth-order valence-electron chi connectivity index (χ4n) is 3.02. The van der Waals surface area contributed by atoms with Crippen molar-refractivity contribution in [1.82, 2.24) is 5.32 Å². The van der Waals surface area contributed by atoms with Crippen molar-refractivity contribution in [3.8, 4) is 11.5 Å². The van der Waals surface area contributed by atoms with E-state index >= 15 is 0 Å². The number of halogens is 1. The molecule has 0 saturated carbocycles. The first-order valence-corrected chi connectivity index (χ1v) is 8.72. The lowest BCUT2D eigenvalue weighted by atomic mass is 9.89. The zero-order valence-corrected chi connectivity index (χ0v) is 15.3. The molecule has 132 valence electrons. The Morgan fingerprint density at radius 2 is 2.04 bits per heavy atom. The first kappa shape index (κ1) is 17.6. The molecule has 0 unspecified atom stereocenters. The highest BCUT2D eigenvalue weighted by Crippen LogP contribution is 2.39. The van der Waals surface area contributed by atoms with Gasteiger partial charge in [-0.25, -0.2) is 0 Å². The largest absolute Gasteiger partial charge is 0.487 e. The predicted octanol–water partition coefficient (Wildman–Crippen LogP) is 4.53. The molecule has 1 heterocycles. The molecule has 1 N–H and O–H groups in total. The van der Waals surface area contributed by atoms with Gasteiger partial charge in [0.1, 0.15) is 17.1 Å². The van der Waals surface area contributed by atoms with Gasteiger partial charge in [-0.15, -0.1) is 0 Å². The molecule has 0 fully saturated rings. The summed E-state index contributed by atoms with van der Waals surface area (Å²) >= 11 is 5.96. The SMILES string of the molecule is C[C@@H](Oc1cccc(Cl)c1)C(=O)N[C@@H]1CC(C)(C)Oc2ccccc21. The van der Waals surface area contributed by atoms with Crippen LogP contribution in [0.2, 0.25) is 5.02 Å². The number of carbonyl (C=O) groups is 1. The molecule has 5 heteroatoms. The van der Waals surface area contributed by atoms with Gasteiger partial charge in [-0.3, -0.25) is 4.79 Å². The highest BCUT2D eigenvalue weighted by atomic mass is 35.5. The van der Waals surface area contributed by atoms with E-state index in [1.165, 1.54) is 0 Å². The Balaban J connectivity index is 1.72. The molecule has 4 nitrogen and oxygen atoms in total. The summed E-state index contributed by atoms with van der Waals surface area (Å²) in [5, 5.41) is 3.66. The van der Waals surface area contributed by atoms with Crippen LogP contribution in [0.3, 0.4) is 0 Å². The smallest absolute Gasteiger partial charge is 0.261 e. The normalized spacial score (nSPS) is 19.3. The predicted molar refractivity (Wildman–Crippen MR) is 98.2 cm³/mol. The maximum absolute atomic E-state index is 12.6. The molecular weight excluding hydrogens is 338 g/mol. The number of fused-ring (bicyclic) bond motifs is 1. The van der Waals surface area contributed by atoms with Crippen molar-refractivity contribution in [3.05, 3.63) is 59.1 Å². The summed E-state index contributed by atoms with van der Waals surface area (Å²) in [5.74, 6) is 1.22. The van der Waals surface area contributed by atoms with Gasteiger partial charge in [0.25, 0.3) is 5.91 Å². The lowest BCUT2D eigenvalue weighted by Gasteiger charge is -2.38. The van der Waals surface area contributed by atoms with E-state index in [-0.39, 0.29) is 17.6 Å². The van der Waals surface area contributed by atoms with Gasteiger partial charge in [-0.1, -0.05) is 35.9 Å². The standard InChI is InChI=1S/C20H22ClNO3/c1-13(24-15-8-6-7-14(21)11-15)19(23)22-17-12-20(2,3)25-18-10-5-4-9-16(17)18/h4-11,13,17H,12H2,1-3H3,(H,22,23)/t13-,17-/m1/s1. The zero-order valence-electron chi connectivity index (χ0n) is 14.6. The highest BCUT2D eigenvalue weighted by Gasteiger charge is 2.35. The van der Waals surface area contributed by atoms with E-state index in [9.17, 15) is 4.79 Å². The fraction of sp³-hybridized carbons (Fsp3) is 0.350. The van der Waals surface area contributed by atoms with Crippen LogP contribution in [0.15, 0.2) is 48.5 Å². The van der Waals surface area contributed by atoms with E-state index in [0.717, 1.165) is 11.3 Å². The van der Waals surface area contributed by atoms with Crippen LogP contribution in [0.1, 0.15) is 38.8 Å². The van der Waals surface area contributed by atoms with Crippen LogP contribution in [0.4, 0.5) is 0 Å². The molecule has 0 aliphatic carbocycles. The van der Waals surface area contributed by atoms with Crippen LogP contribution in [0.25, 0.3) is 0 Å². The Bertz CT molecular complexity index is 775. The fourth-order valence-corrected chi connectivity index (χ4v) is 3.20. The number of rotatable bonds is 4. The molecule has 0 aromatic heterocycles. The Morgan fingerprint density at radius 3 is 2.80 bits per heavy atom. The first-order valence-electron chi connectivity index (χ1n) is 8.35. The van der Waals surface area contributed by atoms with Crippen molar-refractivity contribution < 1.29 is 14.3 Å². The topological polar surface area (TPSA) is 47.6 Å². The van der Waals surface area contributed by atoms with Crippen molar-refractivity contribution in [3.63, 3.8) is 0 Å². The Hall–Kier alpha value is -2.20. The first-order chi connectivity index (χ1) is 11.8. The number of carbonyl (C=O) groups excluding carboxylic acids is 1. The molecule has 0 saturated heterocycles. The number of hydrogen-bond acceptors (Lipinski definition) is 3. The molecule has 1 aliphatic rings. The monoisotopic (exact) mass is 359 g/mol. The van der Waals surface area contributed by atoms with Crippen LogP contribution in [-0.4, -0.2) is 17.6 Å². The van der Waals surface area contributed by atoms with E-state index in [4.69, 9.17) is 21.1 Å². The van der Waals surface area contributed by atoms with Crippen LogP contribution < -0.4 is 14.8 Å². The van der Waals surface area contributed by atoms with E-state index in [0.29, 0.717) is 17.2 Å². The average molecular weight is 360 g/mol. The maximum Gasteiger partial charge on any atom is 0.261 e. The van der Waals surface area contributed by atoms with Crippen LogP contribution in [-0.2, 0) is 4.79 Å². The summed E-state index contributed by atoms with van der Waals surface area (Å²) in [5.41, 5.74) is 0.647. The van der Waals surface area contributed by atoms with Crippen LogP contribution in [0, 0.1) is 0 Å². The number of ether oxygens (including phenoxy) is 2.